The minimum atomic E-state index is 0.317. The van der Waals surface area contributed by atoms with Crippen LogP contribution in [0.5, 0.6) is 0 Å². The lowest BCUT2D eigenvalue weighted by Gasteiger charge is -2.12. The number of benzene rings is 1. The van der Waals surface area contributed by atoms with Gasteiger partial charge in [0.2, 0.25) is 0 Å². The molecule has 1 aromatic carbocycles. The predicted octanol–water partition coefficient (Wildman–Crippen LogP) is 4.69. The van der Waals surface area contributed by atoms with Gasteiger partial charge >= 0.3 is 0 Å². The van der Waals surface area contributed by atoms with Gasteiger partial charge in [-0.05, 0) is 30.5 Å². The lowest BCUT2D eigenvalue weighted by atomic mass is 10.0. The van der Waals surface area contributed by atoms with Gasteiger partial charge in [-0.25, -0.2) is 0 Å². The highest BCUT2D eigenvalue weighted by molar-refractivity contribution is 9.10. The lowest BCUT2D eigenvalue weighted by Crippen LogP contribution is -2.22. The first-order valence-corrected chi connectivity index (χ1v) is 7.99. The maximum Gasteiger partial charge on any atom is 0.0186 e. The van der Waals surface area contributed by atoms with Crippen LogP contribution >= 0.6 is 27.7 Å². The summed E-state index contributed by atoms with van der Waals surface area (Å²) in [6, 6.07) is 8.71. The Kier molecular flexibility index (Phi) is 7.24. The molecule has 0 aromatic heterocycles. The van der Waals surface area contributed by atoms with Gasteiger partial charge in [-0.3, -0.25) is 0 Å². The molecule has 1 nitrogen and oxygen atoms in total. The maximum absolute atomic E-state index is 6.11. The summed E-state index contributed by atoms with van der Waals surface area (Å²) in [4.78, 5) is 1.29. The van der Waals surface area contributed by atoms with E-state index in [4.69, 9.17) is 5.73 Å². The first-order chi connectivity index (χ1) is 8.08. The number of nitrogens with two attached hydrogens (primary N) is 1. The van der Waals surface area contributed by atoms with Gasteiger partial charge in [0.15, 0.2) is 0 Å². The van der Waals surface area contributed by atoms with E-state index in [0.29, 0.717) is 6.04 Å². The third-order valence-corrected chi connectivity index (χ3v) is 4.29. The Morgan fingerprint density at radius 1 is 1.29 bits per heavy atom. The summed E-state index contributed by atoms with van der Waals surface area (Å²) in [6.45, 7) is 4.53. The van der Waals surface area contributed by atoms with Crippen molar-refractivity contribution in [1.29, 1.82) is 0 Å². The van der Waals surface area contributed by atoms with Gasteiger partial charge in [0.25, 0.3) is 0 Å². The monoisotopic (exact) mass is 315 g/mol. The van der Waals surface area contributed by atoms with Gasteiger partial charge in [-0.1, -0.05) is 48.7 Å². The average molecular weight is 316 g/mol. The zero-order chi connectivity index (χ0) is 12.7. The smallest absolute Gasteiger partial charge is 0.0186 e. The molecular weight excluding hydrogens is 294 g/mol. The SMILES string of the molecule is CC(C)CCCC(N)CSc1cccc(Br)c1. The van der Waals surface area contributed by atoms with Gasteiger partial charge in [-0.2, -0.15) is 0 Å². The second-order valence-electron chi connectivity index (χ2n) is 4.85. The summed E-state index contributed by atoms with van der Waals surface area (Å²) in [5.74, 6) is 1.80. The Hall–Kier alpha value is 0.01000. The maximum atomic E-state index is 6.11. The van der Waals surface area contributed by atoms with E-state index in [-0.39, 0.29) is 0 Å². The topological polar surface area (TPSA) is 26.0 Å². The first-order valence-electron chi connectivity index (χ1n) is 6.22. The average Bonchev–Trinajstić information content (AvgIpc) is 2.26. The Morgan fingerprint density at radius 3 is 2.71 bits per heavy atom. The minimum absolute atomic E-state index is 0.317. The summed E-state index contributed by atoms with van der Waals surface area (Å²) in [7, 11) is 0. The van der Waals surface area contributed by atoms with Crippen molar-refractivity contribution in [1.82, 2.24) is 0 Å². The third kappa shape index (κ3) is 7.12. The normalized spacial score (nSPS) is 13.0. The van der Waals surface area contributed by atoms with E-state index in [1.807, 2.05) is 17.8 Å². The lowest BCUT2D eigenvalue weighted by molar-refractivity contribution is 0.513. The molecule has 17 heavy (non-hydrogen) atoms. The van der Waals surface area contributed by atoms with Crippen LogP contribution in [0, 0.1) is 5.92 Å². The van der Waals surface area contributed by atoms with E-state index >= 15 is 0 Å². The molecule has 2 N–H and O–H groups in total. The van der Waals surface area contributed by atoms with Crippen molar-refractivity contribution in [2.24, 2.45) is 11.7 Å². The fraction of sp³-hybridized carbons (Fsp3) is 0.571. The van der Waals surface area contributed by atoms with Crippen molar-refractivity contribution in [2.45, 2.75) is 44.0 Å². The van der Waals surface area contributed by atoms with Crippen molar-refractivity contribution in [3.8, 4) is 0 Å². The molecular formula is C14H22BrNS. The van der Waals surface area contributed by atoms with Crippen LogP contribution in [0.2, 0.25) is 0 Å². The molecule has 3 heteroatoms. The Bertz CT molecular complexity index is 328. The fourth-order valence-corrected chi connectivity index (χ4v) is 3.14. The molecule has 0 aliphatic heterocycles. The molecule has 0 aliphatic carbocycles. The summed E-state index contributed by atoms with van der Waals surface area (Å²) < 4.78 is 1.14. The summed E-state index contributed by atoms with van der Waals surface area (Å²) in [5.41, 5.74) is 6.11. The molecule has 0 spiro atoms. The van der Waals surface area contributed by atoms with Crippen LogP contribution in [0.15, 0.2) is 33.6 Å². The van der Waals surface area contributed by atoms with Gasteiger partial charge in [0, 0.05) is 21.2 Å². The van der Waals surface area contributed by atoms with Crippen molar-refractivity contribution in [3.63, 3.8) is 0 Å². The minimum Gasteiger partial charge on any atom is -0.327 e. The zero-order valence-electron chi connectivity index (χ0n) is 10.7. The molecule has 1 atom stereocenters. The Labute approximate surface area is 118 Å². The van der Waals surface area contributed by atoms with Gasteiger partial charge in [-0.15, -0.1) is 11.8 Å². The van der Waals surface area contributed by atoms with Crippen LogP contribution in [-0.2, 0) is 0 Å². The molecule has 0 bridgehead atoms. The van der Waals surface area contributed by atoms with Crippen LogP contribution in [-0.4, -0.2) is 11.8 Å². The number of thioether (sulfide) groups is 1. The van der Waals surface area contributed by atoms with Crippen LogP contribution < -0.4 is 5.73 Å². The van der Waals surface area contributed by atoms with Gasteiger partial charge in [0.1, 0.15) is 0 Å². The molecule has 1 unspecified atom stereocenters. The van der Waals surface area contributed by atoms with Crippen molar-refractivity contribution in [2.75, 3.05) is 5.75 Å². The number of hydrogen-bond donors (Lipinski definition) is 1. The van der Waals surface area contributed by atoms with Crippen LogP contribution in [0.3, 0.4) is 0 Å². The number of rotatable bonds is 7. The summed E-state index contributed by atoms with van der Waals surface area (Å²) in [6.07, 6.45) is 3.67. The standard InChI is InChI=1S/C14H22BrNS/c1-11(2)5-3-7-13(16)10-17-14-8-4-6-12(15)9-14/h4,6,8-9,11,13H,3,5,7,10,16H2,1-2H3. The molecule has 0 radical (unpaired) electrons. The van der Waals surface area contributed by atoms with Gasteiger partial charge < -0.3 is 5.73 Å². The summed E-state index contributed by atoms with van der Waals surface area (Å²) in [5, 5.41) is 0. The summed E-state index contributed by atoms with van der Waals surface area (Å²) >= 11 is 5.33. The van der Waals surface area contributed by atoms with E-state index in [9.17, 15) is 0 Å². The van der Waals surface area contributed by atoms with Crippen LogP contribution in [0.1, 0.15) is 33.1 Å². The van der Waals surface area contributed by atoms with E-state index in [1.165, 1.54) is 17.7 Å². The van der Waals surface area contributed by atoms with Crippen molar-refractivity contribution in [3.05, 3.63) is 28.7 Å². The highest BCUT2D eigenvalue weighted by Crippen LogP contribution is 2.23. The second-order valence-corrected chi connectivity index (χ2v) is 6.86. The molecule has 0 saturated heterocycles. The molecule has 0 saturated carbocycles. The molecule has 0 aliphatic rings. The van der Waals surface area contributed by atoms with E-state index in [0.717, 1.165) is 22.6 Å². The number of halogens is 1. The van der Waals surface area contributed by atoms with E-state index in [1.54, 1.807) is 0 Å². The Balaban J connectivity index is 2.21. The second kappa shape index (κ2) is 8.17. The van der Waals surface area contributed by atoms with E-state index in [2.05, 4.69) is 48.0 Å². The molecule has 96 valence electrons. The molecule has 0 heterocycles. The van der Waals surface area contributed by atoms with E-state index < -0.39 is 0 Å². The largest absolute Gasteiger partial charge is 0.327 e. The Morgan fingerprint density at radius 2 is 2.06 bits per heavy atom. The molecule has 1 rings (SSSR count). The highest BCUT2D eigenvalue weighted by atomic mass is 79.9. The van der Waals surface area contributed by atoms with Gasteiger partial charge in [0.05, 0.1) is 0 Å². The third-order valence-electron chi connectivity index (χ3n) is 2.62. The molecule has 1 aromatic rings. The molecule has 0 amide bonds. The number of hydrogen-bond acceptors (Lipinski definition) is 2. The highest BCUT2D eigenvalue weighted by Gasteiger charge is 2.04. The van der Waals surface area contributed by atoms with Crippen LogP contribution in [0.25, 0.3) is 0 Å². The fourth-order valence-electron chi connectivity index (χ4n) is 1.63. The van der Waals surface area contributed by atoms with Crippen molar-refractivity contribution >= 4 is 27.7 Å². The first kappa shape index (κ1) is 15.1. The van der Waals surface area contributed by atoms with Crippen molar-refractivity contribution < 1.29 is 0 Å². The quantitative estimate of drug-likeness (QED) is 0.738. The predicted molar refractivity (Wildman–Crippen MR) is 81.5 cm³/mol. The molecule has 0 fully saturated rings. The van der Waals surface area contributed by atoms with Crippen LogP contribution in [0.4, 0.5) is 0 Å². The zero-order valence-corrected chi connectivity index (χ0v) is 13.1.